The summed E-state index contributed by atoms with van der Waals surface area (Å²) in [5.41, 5.74) is 1.98. The number of aryl methyl sites for hydroxylation is 1. The summed E-state index contributed by atoms with van der Waals surface area (Å²) in [6, 6.07) is 17.2. The summed E-state index contributed by atoms with van der Waals surface area (Å²) < 4.78 is 31.4. The molecule has 3 rings (SSSR count). The van der Waals surface area contributed by atoms with Gasteiger partial charge in [0.1, 0.15) is 11.6 Å². The van der Waals surface area contributed by atoms with Gasteiger partial charge >= 0.3 is 5.97 Å². The van der Waals surface area contributed by atoms with Crippen LogP contribution in [0.2, 0.25) is 0 Å². The number of benzene rings is 3. The van der Waals surface area contributed by atoms with E-state index < -0.39 is 17.6 Å². The van der Waals surface area contributed by atoms with Crippen molar-refractivity contribution in [2.24, 2.45) is 0 Å². The molecule has 0 saturated carbocycles. The molecule has 3 aromatic rings. The van der Waals surface area contributed by atoms with Crippen LogP contribution in [0.25, 0.3) is 22.3 Å². The molecule has 3 aromatic carbocycles. The average Bonchev–Trinajstić information content (AvgIpc) is 2.95. The Morgan fingerprint density at radius 2 is 1.36 bits per heavy atom. The van der Waals surface area contributed by atoms with Crippen molar-refractivity contribution in [2.45, 2.75) is 90.9 Å². The van der Waals surface area contributed by atoms with Crippen LogP contribution in [0.15, 0.2) is 60.7 Å². The summed E-state index contributed by atoms with van der Waals surface area (Å²) in [6.07, 6.45) is 12.8. The van der Waals surface area contributed by atoms with Gasteiger partial charge < -0.3 is 0 Å². The minimum atomic E-state index is -0.927. The van der Waals surface area contributed by atoms with Gasteiger partial charge in [-0.3, -0.25) is 4.89 Å². The van der Waals surface area contributed by atoms with Gasteiger partial charge in [-0.05, 0) is 48.1 Å². The van der Waals surface area contributed by atoms with Gasteiger partial charge in [-0.15, -0.1) is 0 Å². The number of halogens is 2. The summed E-state index contributed by atoms with van der Waals surface area (Å²) in [5.74, 6) is -2.26. The number of unbranched alkanes of at least 4 members (excludes halogenated alkanes) is 9. The second-order valence-electron chi connectivity index (χ2n) is 10.2. The fourth-order valence-corrected chi connectivity index (χ4v) is 4.79. The maximum Gasteiger partial charge on any atom is 0.376 e. The van der Waals surface area contributed by atoms with Gasteiger partial charge in [0.2, 0.25) is 0 Å². The molecule has 5 heteroatoms. The zero-order valence-corrected chi connectivity index (χ0v) is 23.4. The van der Waals surface area contributed by atoms with E-state index in [4.69, 9.17) is 9.78 Å². The Hall–Kier alpha value is -3.05. The molecule has 0 aromatic heterocycles. The number of rotatable bonds is 17. The van der Waals surface area contributed by atoms with Gasteiger partial charge in [-0.2, -0.15) is 4.89 Å². The summed E-state index contributed by atoms with van der Waals surface area (Å²) in [7, 11) is 0. The van der Waals surface area contributed by atoms with E-state index in [1.807, 2.05) is 36.4 Å². The molecule has 0 saturated heterocycles. The molecule has 0 N–H and O–H groups in total. The monoisotopic (exact) mass is 536 g/mol. The van der Waals surface area contributed by atoms with Crippen molar-refractivity contribution in [1.29, 1.82) is 0 Å². The van der Waals surface area contributed by atoms with Crippen LogP contribution in [-0.2, 0) is 16.2 Å². The van der Waals surface area contributed by atoms with Gasteiger partial charge in [-0.25, -0.2) is 13.6 Å². The molecule has 0 aliphatic rings. The van der Waals surface area contributed by atoms with E-state index >= 15 is 8.78 Å². The predicted octanol–water partition coefficient (Wildman–Crippen LogP) is 10.3. The third-order valence-corrected chi connectivity index (χ3v) is 7.03. The van der Waals surface area contributed by atoms with Crippen LogP contribution in [-0.4, -0.2) is 12.6 Å². The van der Waals surface area contributed by atoms with E-state index in [1.54, 1.807) is 12.1 Å². The molecule has 0 aliphatic heterocycles. The zero-order valence-electron chi connectivity index (χ0n) is 23.4. The molecule has 0 fully saturated rings. The summed E-state index contributed by atoms with van der Waals surface area (Å²) in [4.78, 5) is 22.7. The molecule has 0 bridgehead atoms. The van der Waals surface area contributed by atoms with Crippen molar-refractivity contribution in [3.8, 4) is 22.3 Å². The Labute approximate surface area is 232 Å². The second kappa shape index (κ2) is 16.8. The van der Waals surface area contributed by atoms with Crippen molar-refractivity contribution >= 4 is 5.97 Å². The highest BCUT2D eigenvalue weighted by atomic mass is 19.1. The fourth-order valence-electron chi connectivity index (χ4n) is 4.79. The Balaban J connectivity index is 1.79. The maximum atomic E-state index is 16.0. The molecule has 39 heavy (non-hydrogen) atoms. The molecular weight excluding hydrogens is 494 g/mol. The van der Waals surface area contributed by atoms with Crippen molar-refractivity contribution in [3.63, 3.8) is 0 Å². The van der Waals surface area contributed by atoms with E-state index in [1.165, 1.54) is 50.7 Å². The predicted molar refractivity (Wildman–Crippen MR) is 154 cm³/mol. The molecule has 0 amide bonds. The van der Waals surface area contributed by atoms with Gasteiger partial charge in [0, 0.05) is 11.1 Å². The van der Waals surface area contributed by atoms with E-state index in [-0.39, 0.29) is 23.3 Å². The highest BCUT2D eigenvalue weighted by Crippen LogP contribution is 2.37. The molecule has 0 heterocycles. The lowest BCUT2D eigenvalue weighted by molar-refractivity contribution is -0.241. The maximum absolute atomic E-state index is 16.0. The van der Waals surface area contributed by atoms with Gasteiger partial charge in [0.25, 0.3) is 0 Å². The van der Waals surface area contributed by atoms with Gasteiger partial charge in [0.15, 0.2) is 0 Å². The lowest BCUT2D eigenvalue weighted by Gasteiger charge is -2.15. The first-order valence-corrected chi connectivity index (χ1v) is 14.6. The first kappa shape index (κ1) is 30.5. The molecule has 3 nitrogen and oxygen atoms in total. The normalized spacial score (nSPS) is 11.1. The van der Waals surface area contributed by atoms with E-state index in [9.17, 15) is 4.79 Å². The van der Waals surface area contributed by atoms with Crippen LogP contribution >= 0.6 is 0 Å². The minimum Gasteiger partial charge on any atom is -0.293 e. The van der Waals surface area contributed by atoms with E-state index in [0.717, 1.165) is 49.7 Å². The van der Waals surface area contributed by atoms with E-state index in [2.05, 4.69) is 13.8 Å². The smallest absolute Gasteiger partial charge is 0.293 e. The van der Waals surface area contributed by atoms with Crippen molar-refractivity contribution < 1.29 is 23.4 Å². The van der Waals surface area contributed by atoms with Crippen LogP contribution in [0.5, 0.6) is 0 Å². The Bertz CT molecular complexity index is 1160. The topological polar surface area (TPSA) is 35.5 Å². The molecule has 0 spiro atoms. The Kier molecular flexibility index (Phi) is 13.1. The molecule has 0 atom stereocenters. The van der Waals surface area contributed by atoms with Gasteiger partial charge in [-0.1, -0.05) is 120 Å². The Morgan fingerprint density at radius 1 is 0.718 bits per heavy atom. The zero-order chi connectivity index (χ0) is 27.9. The highest BCUT2D eigenvalue weighted by molar-refractivity contribution is 5.95. The number of carbonyl (C=O) groups excluding carboxylic acids is 1. The quantitative estimate of drug-likeness (QED) is 0.0978. The number of hydrogen-bond donors (Lipinski definition) is 0. The third kappa shape index (κ3) is 9.28. The van der Waals surface area contributed by atoms with Crippen molar-refractivity contribution in [2.75, 3.05) is 6.61 Å². The van der Waals surface area contributed by atoms with Gasteiger partial charge in [0.05, 0.1) is 12.2 Å². The third-order valence-electron chi connectivity index (χ3n) is 7.03. The van der Waals surface area contributed by atoms with Crippen LogP contribution in [0.3, 0.4) is 0 Å². The van der Waals surface area contributed by atoms with Crippen molar-refractivity contribution in [3.05, 3.63) is 83.4 Å². The largest absolute Gasteiger partial charge is 0.376 e. The van der Waals surface area contributed by atoms with Crippen LogP contribution in [0.4, 0.5) is 8.78 Å². The average molecular weight is 537 g/mol. The minimum absolute atomic E-state index is 0.0403. The SMILES string of the molecule is CCCCCCCCOOC(=O)c1ccc(-c2ccccc2)c(-c2ccc(CCCCCCC)cc2F)c1F. The first-order chi connectivity index (χ1) is 19.1. The molecule has 210 valence electrons. The lowest BCUT2D eigenvalue weighted by Crippen LogP contribution is -2.10. The second-order valence-corrected chi connectivity index (χ2v) is 10.2. The molecule has 0 aliphatic carbocycles. The van der Waals surface area contributed by atoms with Crippen LogP contribution < -0.4 is 0 Å². The molecule has 0 radical (unpaired) electrons. The van der Waals surface area contributed by atoms with Crippen LogP contribution in [0.1, 0.15) is 100 Å². The van der Waals surface area contributed by atoms with Crippen molar-refractivity contribution in [1.82, 2.24) is 0 Å². The fraction of sp³-hybridized carbons (Fsp3) is 0.441. The standard InChI is InChI=1S/C34H42F2O3/c1-3-5-7-9-11-16-24-38-39-34(37)30-23-22-28(27-18-14-12-15-19-27)32(33(30)36)29-21-20-26(25-31(29)35)17-13-10-8-6-4-2/h12,14-15,18-23,25H,3-11,13,16-17,24H2,1-2H3. The summed E-state index contributed by atoms with van der Waals surface area (Å²) >= 11 is 0. The van der Waals surface area contributed by atoms with Crippen LogP contribution in [0, 0.1) is 11.6 Å². The Morgan fingerprint density at radius 3 is 2.05 bits per heavy atom. The first-order valence-electron chi connectivity index (χ1n) is 14.6. The summed E-state index contributed by atoms with van der Waals surface area (Å²) in [5, 5.41) is 0. The van der Waals surface area contributed by atoms with E-state index in [0.29, 0.717) is 5.56 Å². The number of carbonyl (C=O) groups is 1. The summed E-state index contributed by atoms with van der Waals surface area (Å²) in [6.45, 7) is 4.59. The molecule has 0 unspecified atom stereocenters. The molecular formula is C34H42F2O3. The number of hydrogen-bond acceptors (Lipinski definition) is 3. The lowest BCUT2D eigenvalue weighted by atomic mass is 9.91. The highest BCUT2D eigenvalue weighted by Gasteiger charge is 2.24.